The number of carbonyl (C=O) groups excluding carboxylic acids is 1. The Morgan fingerprint density at radius 1 is 1.44 bits per heavy atom. The van der Waals surface area contributed by atoms with E-state index in [1.807, 2.05) is 0 Å². The average Bonchev–Trinajstić information content (AvgIpc) is 3.10. The first-order chi connectivity index (χ1) is 11.7. The van der Waals surface area contributed by atoms with Crippen LogP contribution in [0.15, 0.2) is 30.6 Å². The lowest BCUT2D eigenvalue weighted by atomic mass is 10.1. The van der Waals surface area contributed by atoms with Gasteiger partial charge in [-0.1, -0.05) is 0 Å². The number of halogens is 1. The van der Waals surface area contributed by atoms with E-state index in [0.717, 1.165) is 6.26 Å². The zero-order chi connectivity index (χ0) is 18.2. The molecule has 1 fully saturated rings. The minimum atomic E-state index is -3.38. The van der Waals surface area contributed by atoms with E-state index in [4.69, 9.17) is 4.74 Å². The highest BCUT2D eigenvalue weighted by Crippen LogP contribution is 2.28. The highest BCUT2D eigenvalue weighted by Gasteiger charge is 2.33. The maximum atomic E-state index is 14.5. The van der Waals surface area contributed by atoms with Gasteiger partial charge in [0.2, 0.25) is 10.0 Å². The van der Waals surface area contributed by atoms with E-state index in [2.05, 4.69) is 9.71 Å². The highest BCUT2D eigenvalue weighted by atomic mass is 32.2. The van der Waals surface area contributed by atoms with Crippen LogP contribution >= 0.6 is 0 Å². The van der Waals surface area contributed by atoms with E-state index in [1.165, 1.54) is 11.0 Å². The Labute approximate surface area is 144 Å². The van der Waals surface area contributed by atoms with Crippen molar-refractivity contribution < 1.29 is 22.3 Å². The number of nitrogens with one attached hydrogen (secondary N) is 1. The molecule has 1 amide bonds. The van der Waals surface area contributed by atoms with E-state index in [9.17, 15) is 17.6 Å². The van der Waals surface area contributed by atoms with Crippen molar-refractivity contribution in [3.63, 3.8) is 0 Å². The molecule has 1 aromatic heterocycles. The molecule has 8 nitrogen and oxygen atoms in total. The fraction of sp³-hybridized carbons (Fsp3) is 0.333. The summed E-state index contributed by atoms with van der Waals surface area (Å²) in [5.74, 6) is -0.0411. The van der Waals surface area contributed by atoms with Gasteiger partial charge in [0.1, 0.15) is 17.7 Å². The first kappa shape index (κ1) is 17.4. The Kier molecular flexibility index (Phi) is 4.48. The SMILES string of the molecule is Cn1ccnc1-c1ccc(N2C[C@H](CNS(C)(=O)=O)OC2=O)cc1F. The van der Waals surface area contributed by atoms with Crippen LogP contribution in [0.1, 0.15) is 0 Å². The number of anilines is 1. The molecule has 1 aliphatic heterocycles. The van der Waals surface area contributed by atoms with E-state index >= 15 is 0 Å². The van der Waals surface area contributed by atoms with Crippen molar-refractivity contribution in [2.24, 2.45) is 7.05 Å². The molecule has 1 saturated heterocycles. The van der Waals surface area contributed by atoms with Gasteiger partial charge in [0.25, 0.3) is 0 Å². The smallest absolute Gasteiger partial charge is 0.414 e. The minimum absolute atomic E-state index is 0.0328. The van der Waals surface area contributed by atoms with Crippen molar-refractivity contribution in [1.82, 2.24) is 14.3 Å². The largest absolute Gasteiger partial charge is 0.443 e. The summed E-state index contributed by atoms with van der Waals surface area (Å²) >= 11 is 0. The van der Waals surface area contributed by atoms with Crippen molar-refractivity contribution >= 4 is 21.8 Å². The molecule has 1 aromatic carbocycles. The molecule has 10 heteroatoms. The van der Waals surface area contributed by atoms with Crippen molar-refractivity contribution in [2.45, 2.75) is 6.10 Å². The number of ether oxygens (including phenoxy) is 1. The number of aromatic nitrogens is 2. The van der Waals surface area contributed by atoms with Gasteiger partial charge in [-0.05, 0) is 18.2 Å². The van der Waals surface area contributed by atoms with Crippen LogP contribution in [-0.4, -0.2) is 49.5 Å². The lowest BCUT2D eigenvalue weighted by Crippen LogP contribution is -2.34. The van der Waals surface area contributed by atoms with Gasteiger partial charge in [-0.2, -0.15) is 0 Å². The van der Waals surface area contributed by atoms with E-state index < -0.39 is 28.0 Å². The summed E-state index contributed by atoms with van der Waals surface area (Å²) in [5.41, 5.74) is 0.654. The van der Waals surface area contributed by atoms with Gasteiger partial charge in [-0.3, -0.25) is 4.90 Å². The summed E-state index contributed by atoms with van der Waals surface area (Å²) in [5, 5.41) is 0. The lowest BCUT2D eigenvalue weighted by Gasteiger charge is -2.14. The summed E-state index contributed by atoms with van der Waals surface area (Å²) in [6.45, 7) is 0.0947. The first-order valence-electron chi connectivity index (χ1n) is 7.44. The molecule has 0 radical (unpaired) electrons. The fourth-order valence-electron chi connectivity index (χ4n) is 2.56. The number of carbonyl (C=O) groups is 1. The van der Waals surface area contributed by atoms with Crippen LogP contribution in [0.25, 0.3) is 11.4 Å². The number of hydrogen-bond acceptors (Lipinski definition) is 5. The van der Waals surface area contributed by atoms with Gasteiger partial charge in [-0.25, -0.2) is 27.3 Å². The van der Waals surface area contributed by atoms with Crippen LogP contribution in [0.5, 0.6) is 0 Å². The molecular weight excluding hydrogens is 351 g/mol. The third-order valence-corrected chi connectivity index (χ3v) is 4.46. The standard InChI is InChI=1S/C15H17FN4O4S/c1-19-6-5-17-14(19)12-4-3-10(7-13(12)16)20-9-11(24-15(20)21)8-18-25(2,22)23/h3-7,11,18H,8-9H2,1-2H3/t11-/m0/s1. The maximum absolute atomic E-state index is 14.5. The molecule has 1 N–H and O–H groups in total. The molecule has 0 aliphatic carbocycles. The van der Waals surface area contributed by atoms with Gasteiger partial charge in [0, 0.05) is 26.0 Å². The number of benzene rings is 1. The molecular formula is C15H17FN4O4S. The van der Waals surface area contributed by atoms with Crippen LogP contribution in [0.3, 0.4) is 0 Å². The monoisotopic (exact) mass is 368 g/mol. The van der Waals surface area contributed by atoms with Gasteiger partial charge in [0.15, 0.2) is 0 Å². The molecule has 1 aliphatic rings. The molecule has 25 heavy (non-hydrogen) atoms. The van der Waals surface area contributed by atoms with Crippen molar-refractivity contribution in [3.05, 3.63) is 36.4 Å². The summed E-state index contributed by atoms with van der Waals surface area (Å²) in [4.78, 5) is 17.3. The number of hydrogen-bond donors (Lipinski definition) is 1. The van der Waals surface area contributed by atoms with Gasteiger partial charge >= 0.3 is 6.09 Å². The summed E-state index contributed by atoms with van der Waals surface area (Å²) in [6.07, 6.45) is 3.01. The number of nitrogens with zero attached hydrogens (tertiary/aromatic N) is 3. The summed E-state index contributed by atoms with van der Waals surface area (Å²) in [6, 6.07) is 4.38. The number of aryl methyl sites for hydroxylation is 1. The molecule has 134 valence electrons. The maximum Gasteiger partial charge on any atom is 0.414 e. The number of rotatable bonds is 5. The van der Waals surface area contributed by atoms with Crippen LogP contribution in [0.4, 0.5) is 14.9 Å². The number of cyclic esters (lactones) is 1. The van der Waals surface area contributed by atoms with Crippen LogP contribution in [0.2, 0.25) is 0 Å². The van der Waals surface area contributed by atoms with Gasteiger partial charge in [-0.15, -0.1) is 0 Å². The van der Waals surface area contributed by atoms with Gasteiger partial charge in [0.05, 0.1) is 24.1 Å². The highest BCUT2D eigenvalue weighted by molar-refractivity contribution is 7.88. The van der Waals surface area contributed by atoms with Crippen molar-refractivity contribution in [3.8, 4) is 11.4 Å². The zero-order valence-electron chi connectivity index (χ0n) is 13.6. The molecule has 0 saturated carbocycles. The third-order valence-electron chi connectivity index (χ3n) is 3.77. The second-order valence-corrected chi connectivity index (χ2v) is 7.60. The van der Waals surface area contributed by atoms with Crippen LogP contribution < -0.4 is 9.62 Å². The number of imidazole rings is 1. The minimum Gasteiger partial charge on any atom is -0.443 e. The van der Waals surface area contributed by atoms with Crippen molar-refractivity contribution in [1.29, 1.82) is 0 Å². The van der Waals surface area contributed by atoms with Gasteiger partial charge < -0.3 is 9.30 Å². The lowest BCUT2D eigenvalue weighted by molar-refractivity contribution is 0.143. The summed E-state index contributed by atoms with van der Waals surface area (Å²) in [7, 11) is -1.62. The predicted molar refractivity (Wildman–Crippen MR) is 89.1 cm³/mol. The predicted octanol–water partition coefficient (Wildman–Crippen LogP) is 1.10. The normalized spacial score (nSPS) is 17.8. The Balaban J connectivity index is 1.77. The second-order valence-electron chi connectivity index (χ2n) is 5.76. The zero-order valence-corrected chi connectivity index (χ0v) is 14.5. The number of amides is 1. The van der Waals surface area contributed by atoms with E-state index in [0.29, 0.717) is 17.1 Å². The molecule has 0 unspecified atom stereocenters. The van der Waals surface area contributed by atoms with E-state index in [1.54, 1.807) is 36.1 Å². The molecule has 2 aromatic rings. The molecule has 3 rings (SSSR count). The Hall–Kier alpha value is -2.46. The van der Waals surface area contributed by atoms with E-state index in [-0.39, 0.29) is 13.1 Å². The van der Waals surface area contributed by atoms with Crippen LogP contribution in [-0.2, 0) is 21.8 Å². The first-order valence-corrected chi connectivity index (χ1v) is 9.34. The molecule has 1 atom stereocenters. The summed E-state index contributed by atoms with van der Waals surface area (Å²) < 4.78 is 45.8. The molecule has 0 spiro atoms. The molecule has 2 heterocycles. The van der Waals surface area contributed by atoms with Crippen LogP contribution in [0, 0.1) is 5.82 Å². The second kappa shape index (κ2) is 6.45. The third kappa shape index (κ3) is 3.80. The quantitative estimate of drug-likeness (QED) is 0.853. The fourth-order valence-corrected chi connectivity index (χ4v) is 3.05. The Bertz CT molecular complexity index is 912. The number of sulfonamides is 1. The van der Waals surface area contributed by atoms with Crippen molar-refractivity contribution in [2.75, 3.05) is 24.2 Å². The topological polar surface area (TPSA) is 93.5 Å². The molecule has 0 bridgehead atoms. The average molecular weight is 368 g/mol. The Morgan fingerprint density at radius 2 is 2.20 bits per heavy atom. The Morgan fingerprint density at radius 3 is 2.80 bits per heavy atom.